The Balaban J connectivity index is 0.00000280. The number of hydrogen-bond acceptors (Lipinski definition) is 4. The summed E-state index contributed by atoms with van der Waals surface area (Å²) >= 11 is 0. The zero-order valence-corrected chi connectivity index (χ0v) is 17.0. The van der Waals surface area contributed by atoms with E-state index in [1.54, 1.807) is 36.2 Å². The van der Waals surface area contributed by atoms with Gasteiger partial charge in [-0.2, -0.15) is 0 Å². The number of carbonyl (C=O) groups excluding carboxylic acids is 1. The summed E-state index contributed by atoms with van der Waals surface area (Å²) in [5.74, 6) is -0.593. The first-order chi connectivity index (χ1) is 12.9. The van der Waals surface area contributed by atoms with Gasteiger partial charge in [0.1, 0.15) is 5.82 Å². The molecule has 0 bridgehead atoms. The van der Waals surface area contributed by atoms with Crippen molar-refractivity contribution in [2.75, 3.05) is 24.9 Å². The maximum Gasteiger partial charge on any atom is 0.261 e. The molecule has 0 saturated carbocycles. The Morgan fingerprint density at radius 2 is 1.64 bits per heavy atom. The Labute approximate surface area is 170 Å². The summed E-state index contributed by atoms with van der Waals surface area (Å²) in [7, 11) is -2.02. The minimum atomic E-state index is -3.82. The van der Waals surface area contributed by atoms with Gasteiger partial charge in [-0.1, -0.05) is 0 Å². The molecule has 1 heterocycles. The first-order valence-electron chi connectivity index (χ1n) is 8.73. The van der Waals surface area contributed by atoms with E-state index in [2.05, 4.69) is 10.0 Å². The van der Waals surface area contributed by atoms with Crippen LogP contribution in [0.1, 0.15) is 23.2 Å². The number of carbonyl (C=O) groups is 1. The average Bonchev–Trinajstić information content (AvgIpc) is 2.68. The Morgan fingerprint density at radius 1 is 1.07 bits per heavy atom. The van der Waals surface area contributed by atoms with E-state index in [1.165, 1.54) is 12.1 Å². The van der Waals surface area contributed by atoms with Gasteiger partial charge in [0.05, 0.1) is 4.90 Å². The molecule has 3 rings (SSSR count). The van der Waals surface area contributed by atoms with Crippen molar-refractivity contribution in [3.05, 3.63) is 59.9 Å². The van der Waals surface area contributed by atoms with Crippen molar-refractivity contribution in [1.82, 2.24) is 10.2 Å². The van der Waals surface area contributed by atoms with Gasteiger partial charge in [0.2, 0.25) is 0 Å². The van der Waals surface area contributed by atoms with E-state index in [0.29, 0.717) is 11.3 Å². The van der Waals surface area contributed by atoms with Gasteiger partial charge in [-0.25, -0.2) is 12.8 Å². The molecule has 1 amide bonds. The molecule has 2 aromatic rings. The number of rotatable bonds is 5. The Morgan fingerprint density at radius 3 is 2.21 bits per heavy atom. The molecule has 0 unspecified atom stereocenters. The lowest BCUT2D eigenvalue weighted by atomic mass is 10.0. The maximum absolute atomic E-state index is 13.0. The van der Waals surface area contributed by atoms with E-state index in [0.717, 1.165) is 38.1 Å². The van der Waals surface area contributed by atoms with Gasteiger partial charge < -0.3 is 10.2 Å². The standard InChI is InChI=1S/C19H22FN3O3S.ClH/c1-23(17-10-12-21-13-11-17)19(24)14-2-6-16(7-3-14)22-27(25,26)18-8-4-15(20)5-9-18;/h2-9,17,21-22H,10-13H2,1H3;1H. The van der Waals surface area contributed by atoms with Gasteiger partial charge in [-0.05, 0) is 74.5 Å². The number of hydrogen-bond donors (Lipinski definition) is 2. The van der Waals surface area contributed by atoms with Crippen LogP contribution in [0.4, 0.5) is 10.1 Å². The largest absolute Gasteiger partial charge is 0.339 e. The number of sulfonamides is 1. The van der Waals surface area contributed by atoms with Gasteiger partial charge >= 0.3 is 0 Å². The van der Waals surface area contributed by atoms with E-state index < -0.39 is 15.8 Å². The molecule has 0 aliphatic carbocycles. The summed E-state index contributed by atoms with van der Waals surface area (Å²) in [6, 6.07) is 11.1. The first-order valence-corrected chi connectivity index (χ1v) is 10.2. The van der Waals surface area contributed by atoms with Crippen LogP contribution in [0.2, 0.25) is 0 Å². The van der Waals surface area contributed by atoms with Gasteiger partial charge in [-0.3, -0.25) is 9.52 Å². The lowest BCUT2D eigenvalue weighted by Crippen LogP contribution is -2.43. The summed E-state index contributed by atoms with van der Waals surface area (Å²) in [5.41, 5.74) is 0.834. The third-order valence-corrected chi connectivity index (χ3v) is 6.08. The molecule has 2 aromatic carbocycles. The molecule has 6 nitrogen and oxygen atoms in total. The molecule has 0 aromatic heterocycles. The number of nitrogens with zero attached hydrogens (tertiary/aromatic N) is 1. The number of benzene rings is 2. The summed E-state index contributed by atoms with van der Waals surface area (Å²) in [6.45, 7) is 1.79. The molecule has 0 spiro atoms. The summed E-state index contributed by atoms with van der Waals surface area (Å²) in [6.07, 6.45) is 1.83. The fourth-order valence-electron chi connectivity index (χ4n) is 3.07. The quantitative estimate of drug-likeness (QED) is 0.769. The highest BCUT2D eigenvalue weighted by Gasteiger charge is 2.23. The minimum Gasteiger partial charge on any atom is -0.339 e. The first kappa shape index (κ1) is 22.1. The van der Waals surface area contributed by atoms with Crippen LogP contribution in [0, 0.1) is 5.82 Å². The van der Waals surface area contributed by atoms with Crippen molar-refractivity contribution >= 4 is 34.0 Å². The zero-order chi connectivity index (χ0) is 19.4. The Bertz CT molecular complexity index is 899. The second kappa shape index (κ2) is 9.36. The van der Waals surface area contributed by atoms with Crippen LogP contribution < -0.4 is 10.0 Å². The fraction of sp³-hybridized carbons (Fsp3) is 0.316. The van der Waals surface area contributed by atoms with Gasteiger partial charge in [0, 0.05) is 24.3 Å². The Hall–Kier alpha value is -2.16. The van der Waals surface area contributed by atoms with E-state index in [1.807, 2.05) is 0 Å². The van der Waals surface area contributed by atoms with Crippen LogP contribution in [0.25, 0.3) is 0 Å². The van der Waals surface area contributed by atoms with Gasteiger partial charge in [-0.15, -0.1) is 12.4 Å². The molecule has 0 radical (unpaired) electrons. The lowest BCUT2D eigenvalue weighted by Gasteiger charge is -2.31. The summed E-state index contributed by atoms with van der Waals surface area (Å²) in [4.78, 5) is 14.3. The molecular formula is C19H23ClFN3O3S. The lowest BCUT2D eigenvalue weighted by molar-refractivity contribution is 0.0703. The van der Waals surface area contributed by atoms with E-state index in [-0.39, 0.29) is 29.3 Å². The number of nitrogens with one attached hydrogen (secondary N) is 2. The van der Waals surface area contributed by atoms with Crippen LogP contribution in [-0.2, 0) is 10.0 Å². The van der Waals surface area contributed by atoms with Crippen molar-refractivity contribution in [1.29, 1.82) is 0 Å². The van der Waals surface area contributed by atoms with Crippen molar-refractivity contribution in [3.63, 3.8) is 0 Å². The van der Waals surface area contributed by atoms with E-state index in [9.17, 15) is 17.6 Å². The predicted molar refractivity (Wildman–Crippen MR) is 109 cm³/mol. The van der Waals surface area contributed by atoms with Crippen LogP contribution in [0.3, 0.4) is 0 Å². The second-order valence-electron chi connectivity index (χ2n) is 6.53. The molecule has 9 heteroatoms. The number of amides is 1. The minimum absolute atomic E-state index is 0. The Kier molecular flexibility index (Phi) is 7.40. The molecule has 1 saturated heterocycles. The van der Waals surface area contributed by atoms with Gasteiger partial charge in [0.15, 0.2) is 0 Å². The van der Waals surface area contributed by atoms with Gasteiger partial charge in [0.25, 0.3) is 15.9 Å². The molecule has 1 aliphatic rings. The van der Waals surface area contributed by atoms with Crippen LogP contribution in [-0.4, -0.2) is 45.4 Å². The van der Waals surface area contributed by atoms with E-state index in [4.69, 9.17) is 0 Å². The SMILES string of the molecule is CN(C(=O)c1ccc(NS(=O)(=O)c2ccc(F)cc2)cc1)C1CCNCC1.Cl. The highest BCUT2D eigenvalue weighted by atomic mass is 35.5. The van der Waals surface area contributed by atoms with Crippen molar-refractivity contribution in [3.8, 4) is 0 Å². The number of anilines is 1. The molecule has 28 heavy (non-hydrogen) atoms. The molecule has 1 aliphatic heterocycles. The smallest absolute Gasteiger partial charge is 0.261 e. The highest BCUT2D eigenvalue weighted by molar-refractivity contribution is 7.92. The van der Waals surface area contributed by atoms with Crippen molar-refractivity contribution < 1.29 is 17.6 Å². The summed E-state index contributed by atoms with van der Waals surface area (Å²) in [5, 5.41) is 3.27. The third-order valence-electron chi connectivity index (χ3n) is 4.68. The molecule has 0 atom stereocenters. The number of halogens is 2. The summed E-state index contributed by atoms with van der Waals surface area (Å²) < 4.78 is 40.1. The van der Waals surface area contributed by atoms with E-state index >= 15 is 0 Å². The fourth-order valence-corrected chi connectivity index (χ4v) is 4.13. The zero-order valence-electron chi connectivity index (χ0n) is 15.4. The predicted octanol–water partition coefficient (Wildman–Crippen LogP) is 2.87. The maximum atomic E-state index is 13.0. The molecule has 2 N–H and O–H groups in total. The topological polar surface area (TPSA) is 78.5 Å². The van der Waals surface area contributed by atoms with Crippen LogP contribution in [0.15, 0.2) is 53.4 Å². The van der Waals surface area contributed by atoms with Crippen molar-refractivity contribution in [2.45, 2.75) is 23.8 Å². The highest BCUT2D eigenvalue weighted by Crippen LogP contribution is 2.19. The van der Waals surface area contributed by atoms with Crippen LogP contribution in [0.5, 0.6) is 0 Å². The second-order valence-corrected chi connectivity index (χ2v) is 8.22. The molecular weight excluding hydrogens is 405 g/mol. The molecule has 1 fully saturated rings. The molecule has 152 valence electrons. The monoisotopic (exact) mass is 427 g/mol. The average molecular weight is 428 g/mol. The third kappa shape index (κ3) is 5.21. The number of piperidine rings is 1. The van der Waals surface area contributed by atoms with Crippen molar-refractivity contribution in [2.24, 2.45) is 0 Å². The van der Waals surface area contributed by atoms with Crippen LogP contribution >= 0.6 is 12.4 Å². The normalized spacial score (nSPS) is 14.8.